The van der Waals surface area contributed by atoms with Gasteiger partial charge in [0.2, 0.25) is 0 Å². The quantitative estimate of drug-likeness (QED) is 0.367. The van der Waals surface area contributed by atoms with E-state index in [-0.39, 0.29) is 0 Å². The number of pyridine rings is 2. The van der Waals surface area contributed by atoms with Gasteiger partial charge < -0.3 is 14.4 Å². The molecule has 0 bridgehead atoms. The summed E-state index contributed by atoms with van der Waals surface area (Å²) in [6.07, 6.45) is 3.53. The van der Waals surface area contributed by atoms with Gasteiger partial charge in [-0.15, -0.1) is 0 Å². The fourth-order valence-electron chi connectivity index (χ4n) is 4.62. The van der Waals surface area contributed by atoms with Gasteiger partial charge in [0, 0.05) is 36.6 Å². The van der Waals surface area contributed by atoms with Crippen LogP contribution in [0.4, 0.5) is 5.69 Å². The Morgan fingerprint density at radius 2 is 1.80 bits per heavy atom. The third kappa shape index (κ3) is 3.68. The van der Waals surface area contributed by atoms with Crippen molar-refractivity contribution in [3.63, 3.8) is 0 Å². The number of benzene rings is 2. The van der Waals surface area contributed by atoms with Crippen molar-refractivity contribution in [3.8, 4) is 17.2 Å². The van der Waals surface area contributed by atoms with Crippen molar-refractivity contribution in [1.82, 2.24) is 19.5 Å². The van der Waals surface area contributed by atoms with Gasteiger partial charge in [-0.05, 0) is 36.4 Å². The van der Waals surface area contributed by atoms with Crippen molar-refractivity contribution < 1.29 is 14.3 Å². The molecule has 0 N–H and O–H groups in total. The minimum atomic E-state index is -0.429. The topological polar surface area (TPSA) is 82.4 Å². The van der Waals surface area contributed by atoms with Crippen LogP contribution in [0.2, 0.25) is 0 Å². The molecule has 0 spiro atoms. The summed E-state index contributed by atoms with van der Waals surface area (Å²) >= 11 is 0. The van der Waals surface area contributed by atoms with E-state index in [1.807, 2.05) is 54.6 Å². The van der Waals surface area contributed by atoms with E-state index >= 15 is 0 Å². The van der Waals surface area contributed by atoms with Crippen LogP contribution in [0.25, 0.3) is 39.1 Å². The van der Waals surface area contributed by atoms with Crippen molar-refractivity contribution in [1.29, 1.82) is 0 Å². The molecule has 0 amide bonds. The largest absolute Gasteiger partial charge is 0.465 e. The Kier molecular flexibility index (Phi) is 5.35. The third-order valence-corrected chi connectivity index (χ3v) is 6.29. The molecule has 174 valence electrons. The molecule has 3 aromatic heterocycles. The van der Waals surface area contributed by atoms with Crippen LogP contribution < -0.4 is 4.90 Å². The smallest absolute Gasteiger partial charge is 0.340 e. The van der Waals surface area contributed by atoms with E-state index in [0.29, 0.717) is 35.8 Å². The number of carbonyl (C=O) groups is 1. The monoisotopic (exact) mass is 465 g/mol. The number of methoxy groups -OCH3 is 1. The maximum absolute atomic E-state index is 12.9. The maximum Gasteiger partial charge on any atom is 0.340 e. The minimum absolute atomic E-state index is 0.417. The van der Waals surface area contributed by atoms with Crippen LogP contribution in [0.1, 0.15) is 10.4 Å². The molecule has 0 atom stereocenters. The summed E-state index contributed by atoms with van der Waals surface area (Å²) in [4.78, 5) is 29.2. The lowest BCUT2D eigenvalue weighted by Crippen LogP contribution is -2.36. The van der Waals surface area contributed by atoms with Crippen LogP contribution in [0, 0.1) is 0 Å². The molecule has 6 rings (SSSR count). The van der Waals surface area contributed by atoms with Gasteiger partial charge in [0.05, 0.1) is 42.6 Å². The number of hydrogen-bond donors (Lipinski definition) is 0. The Balaban J connectivity index is 1.71. The molecule has 35 heavy (non-hydrogen) atoms. The molecule has 8 nitrogen and oxygen atoms in total. The number of fused-ring (bicyclic) bond motifs is 2. The van der Waals surface area contributed by atoms with Crippen molar-refractivity contribution in [2.24, 2.45) is 0 Å². The van der Waals surface area contributed by atoms with E-state index < -0.39 is 5.97 Å². The van der Waals surface area contributed by atoms with Crippen LogP contribution in [0.5, 0.6) is 0 Å². The van der Waals surface area contributed by atoms with Gasteiger partial charge in [-0.25, -0.2) is 9.78 Å². The number of para-hydroxylation sites is 1. The molecule has 1 aliphatic rings. The molecule has 1 aliphatic heterocycles. The highest BCUT2D eigenvalue weighted by molar-refractivity contribution is 6.05. The molecule has 8 heteroatoms. The normalized spacial score (nSPS) is 13.9. The molecule has 0 unspecified atom stereocenters. The maximum atomic E-state index is 12.9. The third-order valence-electron chi connectivity index (χ3n) is 6.29. The second-order valence-electron chi connectivity index (χ2n) is 8.29. The average Bonchev–Trinajstić information content (AvgIpc) is 3.32. The van der Waals surface area contributed by atoms with Crippen molar-refractivity contribution in [2.45, 2.75) is 0 Å². The van der Waals surface area contributed by atoms with Gasteiger partial charge in [0.1, 0.15) is 11.2 Å². The Morgan fingerprint density at radius 1 is 0.971 bits per heavy atom. The number of nitrogens with zero attached hydrogens (tertiary/aromatic N) is 5. The fraction of sp³-hybridized carbons (Fsp3) is 0.185. The zero-order valence-electron chi connectivity index (χ0n) is 19.2. The zero-order valence-corrected chi connectivity index (χ0v) is 19.2. The Bertz CT molecular complexity index is 1540. The van der Waals surface area contributed by atoms with Crippen molar-refractivity contribution in [2.75, 3.05) is 38.3 Å². The summed E-state index contributed by atoms with van der Waals surface area (Å²) < 4.78 is 12.8. The second kappa shape index (κ2) is 8.81. The van der Waals surface area contributed by atoms with E-state index in [0.717, 1.165) is 40.9 Å². The van der Waals surface area contributed by atoms with E-state index in [9.17, 15) is 4.79 Å². The fourth-order valence-corrected chi connectivity index (χ4v) is 4.62. The number of aromatic nitrogens is 4. The SMILES string of the molecule is COC(=O)c1cc(N2CCOCC2)cc2c1nc(-c1ccccn1)n2-c1ccnc2ccccc12. The van der Waals surface area contributed by atoms with Crippen LogP contribution in [0.15, 0.2) is 73.1 Å². The number of anilines is 1. The Labute approximate surface area is 201 Å². The lowest BCUT2D eigenvalue weighted by atomic mass is 10.1. The number of hydrogen-bond acceptors (Lipinski definition) is 7. The molecule has 5 aromatic rings. The van der Waals surface area contributed by atoms with Gasteiger partial charge in [0.15, 0.2) is 5.82 Å². The Hall–Kier alpha value is -4.30. The Morgan fingerprint density at radius 3 is 2.60 bits per heavy atom. The molecule has 1 saturated heterocycles. The standard InChI is InChI=1S/C27H23N5O3/c1-34-27(33)20-16-18(31-12-14-35-15-13-31)17-24-25(20)30-26(22-8-4-5-10-28-22)32(24)23-9-11-29-21-7-3-2-6-19(21)23/h2-11,16-17H,12-15H2,1H3. The molecule has 2 aromatic carbocycles. The first-order chi connectivity index (χ1) is 17.2. The predicted octanol–water partition coefficient (Wildman–Crippen LogP) is 4.26. The van der Waals surface area contributed by atoms with E-state index in [1.165, 1.54) is 7.11 Å². The van der Waals surface area contributed by atoms with Gasteiger partial charge in [-0.2, -0.15) is 0 Å². The first kappa shape index (κ1) is 21.2. The van der Waals surface area contributed by atoms with Crippen molar-refractivity contribution >= 4 is 33.6 Å². The lowest BCUT2D eigenvalue weighted by Gasteiger charge is -2.29. The average molecular weight is 466 g/mol. The summed E-state index contributed by atoms with van der Waals surface area (Å²) in [5, 5.41) is 0.975. The van der Waals surface area contributed by atoms with Crippen LogP contribution in [-0.4, -0.2) is 58.9 Å². The zero-order chi connectivity index (χ0) is 23.8. The van der Waals surface area contributed by atoms with Gasteiger partial charge in [-0.1, -0.05) is 24.3 Å². The molecular weight excluding hydrogens is 442 g/mol. The van der Waals surface area contributed by atoms with Crippen molar-refractivity contribution in [3.05, 3.63) is 78.6 Å². The van der Waals surface area contributed by atoms with Gasteiger partial charge in [-0.3, -0.25) is 14.5 Å². The minimum Gasteiger partial charge on any atom is -0.465 e. The van der Waals surface area contributed by atoms with E-state index in [1.54, 1.807) is 12.4 Å². The number of rotatable bonds is 4. The summed E-state index contributed by atoms with van der Waals surface area (Å²) in [7, 11) is 1.39. The van der Waals surface area contributed by atoms with E-state index in [2.05, 4.69) is 25.5 Å². The molecule has 0 radical (unpaired) electrons. The molecular formula is C27H23N5O3. The summed E-state index contributed by atoms with van der Waals surface area (Å²) in [6, 6.07) is 19.6. The molecule has 0 saturated carbocycles. The number of carbonyl (C=O) groups excluding carboxylic acids is 1. The summed E-state index contributed by atoms with van der Waals surface area (Å²) in [5.41, 5.74) is 5.19. The highest BCUT2D eigenvalue weighted by atomic mass is 16.5. The molecule has 1 fully saturated rings. The number of imidazole rings is 1. The van der Waals surface area contributed by atoms with Crippen LogP contribution >= 0.6 is 0 Å². The number of esters is 1. The van der Waals surface area contributed by atoms with E-state index in [4.69, 9.17) is 14.5 Å². The van der Waals surface area contributed by atoms with Crippen LogP contribution in [-0.2, 0) is 9.47 Å². The first-order valence-corrected chi connectivity index (χ1v) is 11.5. The van der Waals surface area contributed by atoms with Crippen LogP contribution in [0.3, 0.4) is 0 Å². The number of ether oxygens (including phenoxy) is 2. The number of morpholine rings is 1. The molecule has 0 aliphatic carbocycles. The lowest BCUT2D eigenvalue weighted by molar-refractivity contribution is 0.0603. The molecule has 4 heterocycles. The summed E-state index contributed by atoms with van der Waals surface area (Å²) in [5.74, 6) is 0.211. The first-order valence-electron chi connectivity index (χ1n) is 11.5. The second-order valence-corrected chi connectivity index (χ2v) is 8.29. The van der Waals surface area contributed by atoms with Gasteiger partial charge >= 0.3 is 5.97 Å². The summed E-state index contributed by atoms with van der Waals surface area (Å²) in [6.45, 7) is 2.76. The predicted molar refractivity (Wildman–Crippen MR) is 134 cm³/mol. The van der Waals surface area contributed by atoms with Gasteiger partial charge in [0.25, 0.3) is 0 Å². The highest BCUT2D eigenvalue weighted by Crippen LogP contribution is 2.35. The highest BCUT2D eigenvalue weighted by Gasteiger charge is 2.24.